The van der Waals surface area contributed by atoms with Crippen molar-refractivity contribution in [3.05, 3.63) is 82.2 Å². The molecule has 0 amide bonds. The SMILES string of the molecule is CC(C)n1nccc1C1CC(=O)Oc2ccc3c(=O)c(-c4ccc(F)cc4)coc3c21. The molecule has 0 saturated carbocycles. The molecule has 0 radical (unpaired) electrons. The van der Waals surface area contributed by atoms with E-state index in [9.17, 15) is 14.0 Å². The maximum absolute atomic E-state index is 13.3. The van der Waals surface area contributed by atoms with Crippen LogP contribution < -0.4 is 10.2 Å². The molecule has 0 fully saturated rings. The minimum Gasteiger partial charge on any atom is -0.463 e. The average Bonchev–Trinajstić information content (AvgIpc) is 3.24. The summed E-state index contributed by atoms with van der Waals surface area (Å²) in [5.74, 6) is -0.708. The highest BCUT2D eigenvalue weighted by atomic mass is 19.1. The van der Waals surface area contributed by atoms with Gasteiger partial charge in [-0.25, -0.2) is 4.39 Å². The van der Waals surface area contributed by atoms with Crippen LogP contribution in [0.4, 0.5) is 4.39 Å². The van der Waals surface area contributed by atoms with Crippen LogP contribution in [0.3, 0.4) is 0 Å². The summed E-state index contributed by atoms with van der Waals surface area (Å²) in [7, 11) is 0. The Balaban J connectivity index is 1.74. The molecule has 5 rings (SSSR count). The highest BCUT2D eigenvalue weighted by Gasteiger charge is 2.34. The first-order valence-electron chi connectivity index (χ1n) is 10.0. The van der Waals surface area contributed by atoms with Gasteiger partial charge in [0, 0.05) is 29.4 Å². The smallest absolute Gasteiger partial charge is 0.312 e. The van der Waals surface area contributed by atoms with E-state index in [1.807, 2.05) is 24.6 Å². The number of hydrogen-bond acceptors (Lipinski definition) is 5. The Morgan fingerprint density at radius 3 is 2.61 bits per heavy atom. The Morgan fingerprint density at radius 1 is 1.10 bits per heavy atom. The van der Waals surface area contributed by atoms with Gasteiger partial charge >= 0.3 is 5.97 Å². The standard InChI is InChI=1S/C24H19FN2O4/c1-13(2)27-19(9-10-26-27)17-11-21(28)31-20-8-7-16-23(29)18(12-30-24(16)22(17)20)14-3-5-15(25)6-4-14/h3-10,12-13,17H,11H2,1-2H3. The third kappa shape index (κ3) is 3.13. The van der Waals surface area contributed by atoms with Crippen LogP contribution in [0.25, 0.3) is 22.1 Å². The molecule has 4 aromatic rings. The first-order chi connectivity index (χ1) is 14.9. The molecule has 1 aliphatic rings. The van der Waals surface area contributed by atoms with E-state index in [4.69, 9.17) is 9.15 Å². The second kappa shape index (κ2) is 7.19. The fraction of sp³-hybridized carbons (Fsp3) is 0.208. The van der Waals surface area contributed by atoms with Gasteiger partial charge in [0.05, 0.1) is 17.4 Å². The first-order valence-corrected chi connectivity index (χ1v) is 10.0. The van der Waals surface area contributed by atoms with Crippen molar-refractivity contribution in [2.75, 3.05) is 0 Å². The number of benzene rings is 2. The van der Waals surface area contributed by atoms with Crippen molar-refractivity contribution in [1.29, 1.82) is 0 Å². The van der Waals surface area contributed by atoms with Gasteiger partial charge in [-0.05, 0) is 49.7 Å². The fourth-order valence-corrected chi connectivity index (χ4v) is 4.17. The zero-order valence-electron chi connectivity index (χ0n) is 17.0. The topological polar surface area (TPSA) is 74.3 Å². The van der Waals surface area contributed by atoms with Crippen molar-refractivity contribution < 1.29 is 18.3 Å². The van der Waals surface area contributed by atoms with Crippen LogP contribution in [0.15, 0.2) is 64.1 Å². The Hall–Kier alpha value is -3.74. The van der Waals surface area contributed by atoms with Crippen molar-refractivity contribution in [3.63, 3.8) is 0 Å². The number of hydrogen-bond donors (Lipinski definition) is 0. The normalized spacial score (nSPS) is 15.9. The molecule has 1 atom stereocenters. The van der Waals surface area contributed by atoms with Gasteiger partial charge in [-0.2, -0.15) is 5.10 Å². The summed E-state index contributed by atoms with van der Waals surface area (Å²) < 4.78 is 26.6. The van der Waals surface area contributed by atoms with Gasteiger partial charge in [0.1, 0.15) is 23.4 Å². The van der Waals surface area contributed by atoms with Crippen molar-refractivity contribution in [1.82, 2.24) is 9.78 Å². The van der Waals surface area contributed by atoms with Crippen LogP contribution in [0, 0.1) is 5.82 Å². The van der Waals surface area contributed by atoms with Gasteiger partial charge in [0.15, 0.2) is 0 Å². The van der Waals surface area contributed by atoms with E-state index < -0.39 is 0 Å². The van der Waals surface area contributed by atoms with E-state index in [0.29, 0.717) is 33.4 Å². The van der Waals surface area contributed by atoms with Crippen LogP contribution in [-0.4, -0.2) is 15.7 Å². The second-order valence-corrected chi connectivity index (χ2v) is 7.86. The van der Waals surface area contributed by atoms with Crippen LogP contribution in [0.2, 0.25) is 0 Å². The Morgan fingerprint density at radius 2 is 1.87 bits per heavy atom. The molecule has 31 heavy (non-hydrogen) atoms. The zero-order valence-corrected chi connectivity index (χ0v) is 17.0. The molecular formula is C24H19FN2O4. The van der Waals surface area contributed by atoms with E-state index in [1.165, 1.54) is 30.5 Å². The number of halogens is 1. The Kier molecular flexibility index (Phi) is 4.46. The van der Waals surface area contributed by atoms with Crippen molar-refractivity contribution in [2.45, 2.75) is 32.2 Å². The van der Waals surface area contributed by atoms with Gasteiger partial charge in [-0.1, -0.05) is 12.1 Å². The third-order valence-electron chi connectivity index (χ3n) is 5.59. The number of carbonyl (C=O) groups is 1. The highest BCUT2D eigenvalue weighted by molar-refractivity contribution is 5.90. The summed E-state index contributed by atoms with van der Waals surface area (Å²) in [6.45, 7) is 4.02. The second-order valence-electron chi connectivity index (χ2n) is 7.86. The lowest BCUT2D eigenvalue weighted by molar-refractivity contribution is -0.135. The molecule has 0 N–H and O–H groups in total. The summed E-state index contributed by atoms with van der Waals surface area (Å²) in [6.07, 6.45) is 3.20. The summed E-state index contributed by atoms with van der Waals surface area (Å²) in [4.78, 5) is 25.6. The number of ether oxygens (including phenoxy) is 1. The van der Waals surface area contributed by atoms with Crippen LogP contribution in [-0.2, 0) is 4.79 Å². The number of carbonyl (C=O) groups excluding carboxylic acids is 1. The largest absolute Gasteiger partial charge is 0.463 e. The molecule has 7 heteroatoms. The van der Waals surface area contributed by atoms with Crippen molar-refractivity contribution in [2.24, 2.45) is 0 Å². The number of fused-ring (bicyclic) bond motifs is 3. The fourth-order valence-electron chi connectivity index (χ4n) is 4.17. The predicted molar refractivity (Wildman–Crippen MR) is 113 cm³/mol. The average molecular weight is 418 g/mol. The number of nitrogens with zero attached hydrogens (tertiary/aromatic N) is 2. The lowest BCUT2D eigenvalue weighted by atomic mass is 9.88. The molecule has 3 heterocycles. The molecule has 0 bridgehead atoms. The number of aromatic nitrogens is 2. The summed E-state index contributed by atoms with van der Waals surface area (Å²) in [5.41, 5.74) is 2.55. The van der Waals surface area contributed by atoms with Crippen molar-refractivity contribution >= 4 is 16.9 Å². The zero-order chi connectivity index (χ0) is 21.7. The van der Waals surface area contributed by atoms with Crippen LogP contribution >= 0.6 is 0 Å². The third-order valence-corrected chi connectivity index (χ3v) is 5.59. The Bertz CT molecular complexity index is 1370. The quantitative estimate of drug-likeness (QED) is 0.352. The van der Waals surface area contributed by atoms with E-state index >= 15 is 0 Å². The van der Waals surface area contributed by atoms with E-state index in [0.717, 1.165) is 5.69 Å². The lowest BCUT2D eigenvalue weighted by Crippen LogP contribution is -2.24. The van der Waals surface area contributed by atoms with Crippen LogP contribution in [0.5, 0.6) is 5.75 Å². The van der Waals surface area contributed by atoms with E-state index in [2.05, 4.69) is 5.10 Å². The van der Waals surface area contributed by atoms with Crippen LogP contribution in [0.1, 0.15) is 43.5 Å². The molecule has 2 aromatic heterocycles. The van der Waals surface area contributed by atoms with E-state index in [-0.39, 0.29) is 35.6 Å². The molecule has 1 unspecified atom stereocenters. The molecular weight excluding hydrogens is 399 g/mol. The lowest BCUT2D eigenvalue weighted by Gasteiger charge is -2.26. The molecule has 2 aromatic carbocycles. The van der Waals surface area contributed by atoms with Crippen molar-refractivity contribution in [3.8, 4) is 16.9 Å². The minimum atomic E-state index is -0.380. The molecule has 0 spiro atoms. The van der Waals surface area contributed by atoms with Gasteiger partial charge < -0.3 is 9.15 Å². The molecule has 6 nitrogen and oxygen atoms in total. The molecule has 156 valence electrons. The molecule has 0 saturated heterocycles. The van der Waals surface area contributed by atoms with Gasteiger partial charge in [-0.15, -0.1) is 0 Å². The van der Waals surface area contributed by atoms with E-state index in [1.54, 1.807) is 18.3 Å². The highest BCUT2D eigenvalue weighted by Crippen LogP contribution is 2.43. The summed E-state index contributed by atoms with van der Waals surface area (Å²) in [6, 6.07) is 10.9. The first kappa shape index (κ1) is 19.2. The minimum absolute atomic E-state index is 0.0958. The molecule has 1 aliphatic heterocycles. The number of rotatable bonds is 3. The summed E-state index contributed by atoms with van der Waals surface area (Å²) >= 11 is 0. The Labute approximate surface area is 176 Å². The maximum atomic E-state index is 13.3. The monoisotopic (exact) mass is 418 g/mol. The molecule has 0 aliphatic carbocycles. The van der Waals surface area contributed by atoms with Gasteiger partial charge in [-0.3, -0.25) is 14.3 Å². The maximum Gasteiger partial charge on any atom is 0.312 e. The summed E-state index contributed by atoms with van der Waals surface area (Å²) in [5, 5.41) is 4.76. The van der Waals surface area contributed by atoms with Gasteiger partial charge in [0.2, 0.25) is 5.43 Å². The van der Waals surface area contributed by atoms with Gasteiger partial charge in [0.25, 0.3) is 0 Å². The predicted octanol–water partition coefficient (Wildman–Crippen LogP) is 4.82. The number of esters is 1.